The first-order valence-corrected chi connectivity index (χ1v) is 7.98. The molecular formula is C16H17FN2O2S. The standard InChI is InChI=1S/C16H17FN2O2S/c17-13-5-3-4-12(8-13)15(20)9-19-16(21)11-22-10-14-6-1-2-7-18-14/h1-8,15,20H,9-11H2,(H,19,21). The van der Waals surface area contributed by atoms with Gasteiger partial charge in [-0.25, -0.2) is 4.39 Å². The Bertz CT molecular complexity index is 610. The molecule has 0 spiro atoms. The van der Waals surface area contributed by atoms with Gasteiger partial charge in [0.2, 0.25) is 5.91 Å². The van der Waals surface area contributed by atoms with Crippen molar-refractivity contribution < 1.29 is 14.3 Å². The average Bonchev–Trinajstić information content (AvgIpc) is 2.53. The number of halogens is 1. The monoisotopic (exact) mass is 320 g/mol. The second-order valence-electron chi connectivity index (χ2n) is 4.69. The van der Waals surface area contributed by atoms with Crippen molar-refractivity contribution in [3.63, 3.8) is 0 Å². The number of carbonyl (C=O) groups excluding carboxylic acids is 1. The van der Waals surface area contributed by atoms with Crippen LogP contribution in [-0.4, -0.2) is 28.3 Å². The number of aliphatic hydroxyl groups excluding tert-OH is 1. The van der Waals surface area contributed by atoms with Gasteiger partial charge in [-0.3, -0.25) is 9.78 Å². The molecule has 1 heterocycles. The number of rotatable bonds is 7. The summed E-state index contributed by atoms with van der Waals surface area (Å²) in [5.41, 5.74) is 1.36. The first-order valence-electron chi connectivity index (χ1n) is 6.83. The van der Waals surface area contributed by atoms with Crippen LogP contribution < -0.4 is 5.32 Å². The van der Waals surface area contributed by atoms with Crippen molar-refractivity contribution >= 4 is 17.7 Å². The molecule has 1 amide bonds. The third-order valence-electron chi connectivity index (χ3n) is 2.94. The van der Waals surface area contributed by atoms with Gasteiger partial charge in [0, 0.05) is 18.5 Å². The van der Waals surface area contributed by atoms with Crippen LogP contribution in [0, 0.1) is 5.82 Å². The van der Waals surface area contributed by atoms with E-state index in [2.05, 4.69) is 10.3 Å². The Kier molecular flexibility index (Phi) is 6.36. The molecule has 22 heavy (non-hydrogen) atoms. The fraction of sp³-hybridized carbons (Fsp3) is 0.250. The van der Waals surface area contributed by atoms with Gasteiger partial charge in [-0.15, -0.1) is 11.8 Å². The Morgan fingerprint density at radius 3 is 2.91 bits per heavy atom. The zero-order valence-electron chi connectivity index (χ0n) is 11.9. The highest BCUT2D eigenvalue weighted by atomic mass is 32.2. The Balaban J connectivity index is 1.69. The SMILES string of the molecule is O=C(CSCc1ccccn1)NCC(O)c1cccc(F)c1. The fourth-order valence-electron chi connectivity index (χ4n) is 1.83. The van der Waals surface area contributed by atoms with E-state index in [4.69, 9.17) is 0 Å². The number of hydrogen-bond acceptors (Lipinski definition) is 4. The number of hydrogen-bond donors (Lipinski definition) is 2. The van der Waals surface area contributed by atoms with Crippen molar-refractivity contribution in [2.45, 2.75) is 11.9 Å². The highest BCUT2D eigenvalue weighted by molar-refractivity contribution is 7.99. The predicted molar refractivity (Wildman–Crippen MR) is 84.8 cm³/mol. The van der Waals surface area contributed by atoms with Crippen molar-refractivity contribution in [2.24, 2.45) is 0 Å². The molecule has 1 aromatic heterocycles. The van der Waals surface area contributed by atoms with Crippen LogP contribution in [0.4, 0.5) is 4.39 Å². The summed E-state index contributed by atoms with van der Waals surface area (Å²) in [4.78, 5) is 15.9. The number of pyridine rings is 1. The number of nitrogens with zero attached hydrogens (tertiary/aromatic N) is 1. The molecule has 2 aromatic rings. The molecule has 0 saturated carbocycles. The van der Waals surface area contributed by atoms with Crippen LogP contribution in [0.25, 0.3) is 0 Å². The smallest absolute Gasteiger partial charge is 0.230 e. The van der Waals surface area contributed by atoms with Crippen LogP contribution in [0.3, 0.4) is 0 Å². The lowest BCUT2D eigenvalue weighted by atomic mass is 10.1. The molecule has 1 aromatic carbocycles. The summed E-state index contributed by atoms with van der Waals surface area (Å²) >= 11 is 1.45. The van der Waals surface area contributed by atoms with E-state index in [1.807, 2.05) is 18.2 Å². The van der Waals surface area contributed by atoms with E-state index in [0.29, 0.717) is 11.3 Å². The highest BCUT2D eigenvalue weighted by Crippen LogP contribution is 2.13. The topological polar surface area (TPSA) is 62.2 Å². The summed E-state index contributed by atoms with van der Waals surface area (Å²) in [5.74, 6) is 0.359. The molecule has 0 aliphatic heterocycles. The van der Waals surface area contributed by atoms with Gasteiger partial charge in [0.05, 0.1) is 17.6 Å². The van der Waals surface area contributed by atoms with Crippen LogP contribution in [0.15, 0.2) is 48.7 Å². The van der Waals surface area contributed by atoms with E-state index in [0.717, 1.165) is 5.69 Å². The molecule has 2 N–H and O–H groups in total. The Hall–Kier alpha value is -1.92. The number of benzene rings is 1. The minimum Gasteiger partial charge on any atom is -0.387 e. The average molecular weight is 320 g/mol. The van der Waals surface area contributed by atoms with Crippen molar-refractivity contribution in [3.8, 4) is 0 Å². The van der Waals surface area contributed by atoms with E-state index in [9.17, 15) is 14.3 Å². The van der Waals surface area contributed by atoms with Crippen LogP contribution in [0.5, 0.6) is 0 Å². The molecule has 1 unspecified atom stereocenters. The molecule has 2 rings (SSSR count). The summed E-state index contributed by atoms with van der Waals surface area (Å²) < 4.78 is 13.0. The molecule has 1 atom stereocenters. The quantitative estimate of drug-likeness (QED) is 0.822. The summed E-state index contributed by atoms with van der Waals surface area (Å²) in [5, 5.41) is 12.5. The van der Waals surface area contributed by atoms with Gasteiger partial charge in [0.1, 0.15) is 5.82 Å². The normalized spacial score (nSPS) is 11.9. The maximum Gasteiger partial charge on any atom is 0.230 e. The zero-order valence-corrected chi connectivity index (χ0v) is 12.7. The lowest BCUT2D eigenvalue weighted by molar-refractivity contribution is -0.119. The lowest BCUT2D eigenvalue weighted by Crippen LogP contribution is -2.29. The molecule has 4 nitrogen and oxygen atoms in total. The maximum atomic E-state index is 13.0. The summed E-state index contributed by atoms with van der Waals surface area (Å²) in [6, 6.07) is 11.4. The number of thioether (sulfide) groups is 1. The third-order valence-corrected chi connectivity index (χ3v) is 3.90. The van der Waals surface area contributed by atoms with Gasteiger partial charge < -0.3 is 10.4 Å². The molecule has 6 heteroatoms. The number of nitrogens with one attached hydrogen (secondary N) is 1. The van der Waals surface area contributed by atoms with Gasteiger partial charge in [0.25, 0.3) is 0 Å². The minimum atomic E-state index is -0.916. The van der Waals surface area contributed by atoms with E-state index >= 15 is 0 Å². The zero-order chi connectivity index (χ0) is 15.8. The highest BCUT2D eigenvalue weighted by Gasteiger charge is 2.10. The van der Waals surface area contributed by atoms with Crippen LogP contribution in [-0.2, 0) is 10.5 Å². The molecule has 0 radical (unpaired) electrons. The van der Waals surface area contributed by atoms with Crippen molar-refractivity contribution in [1.82, 2.24) is 10.3 Å². The molecule has 116 valence electrons. The predicted octanol–water partition coefficient (Wildman–Crippen LogP) is 2.30. The van der Waals surface area contributed by atoms with Crippen LogP contribution in [0.2, 0.25) is 0 Å². The van der Waals surface area contributed by atoms with Crippen molar-refractivity contribution in [2.75, 3.05) is 12.3 Å². The van der Waals surface area contributed by atoms with Gasteiger partial charge in [-0.1, -0.05) is 18.2 Å². The first kappa shape index (κ1) is 16.5. The Morgan fingerprint density at radius 2 is 2.18 bits per heavy atom. The summed E-state index contributed by atoms with van der Waals surface area (Å²) in [6.07, 6.45) is 0.797. The van der Waals surface area contributed by atoms with Gasteiger partial charge in [-0.2, -0.15) is 0 Å². The van der Waals surface area contributed by atoms with E-state index in [1.165, 1.54) is 30.0 Å². The summed E-state index contributed by atoms with van der Waals surface area (Å²) in [6.45, 7) is 0.0619. The van der Waals surface area contributed by atoms with Crippen LogP contribution >= 0.6 is 11.8 Å². The molecule has 0 fully saturated rings. The largest absolute Gasteiger partial charge is 0.387 e. The Labute approximate surface area is 132 Å². The van der Waals surface area contributed by atoms with Crippen LogP contribution in [0.1, 0.15) is 17.4 Å². The fourth-order valence-corrected chi connectivity index (χ4v) is 2.59. The molecular weight excluding hydrogens is 303 g/mol. The third kappa shape index (κ3) is 5.46. The second kappa shape index (κ2) is 8.51. The van der Waals surface area contributed by atoms with E-state index in [-0.39, 0.29) is 18.2 Å². The Morgan fingerprint density at radius 1 is 1.32 bits per heavy atom. The first-order chi connectivity index (χ1) is 10.6. The summed E-state index contributed by atoms with van der Waals surface area (Å²) in [7, 11) is 0. The number of aromatic nitrogens is 1. The number of amides is 1. The van der Waals surface area contributed by atoms with Gasteiger partial charge in [-0.05, 0) is 29.8 Å². The number of carbonyl (C=O) groups is 1. The second-order valence-corrected chi connectivity index (χ2v) is 5.67. The van der Waals surface area contributed by atoms with E-state index < -0.39 is 11.9 Å². The maximum absolute atomic E-state index is 13.0. The van der Waals surface area contributed by atoms with E-state index in [1.54, 1.807) is 12.3 Å². The molecule has 0 saturated heterocycles. The van der Waals surface area contributed by atoms with Gasteiger partial charge in [0.15, 0.2) is 0 Å². The van der Waals surface area contributed by atoms with Crippen molar-refractivity contribution in [1.29, 1.82) is 0 Å². The molecule has 0 bridgehead atoms. The number of aliphatic hydroxyl groups is 1. The molecule has 0 aliphatic rings. The van der Waals surface area contributed by atoms with Crippen molar-refractivity contribution in [3.05, 3.63) is 65.7 Å². The lowest BCUT2D eigenvalue weighted by Gasteiger charge is -2.12. The van der Waals surface area contributed by atoms with Gasteiger partial charge >= 0.3 is 0 Å². The molecule has 0 aliphatic carbocycles. The minimum absolute atomic E-state index is 0.0619.